The molecule has 0 saturated heterocycles. The summed E-state index contributed by atoms with van der Waals surface area (Å²) >= 11 is 0. The highest BCUT2D eigenvalue weighted by Gasteiger charge is 2.17. The Balaban J connectivity index is 1.99. The maximum absolute atomic E-state index is 12.8. The van der Waals surface area contributed by atoms with E-state index >= 15 is 0 Å². The molecule has 1 N–H and O–H groups in total. The number of halogens is 1. The summed E-state index contributed by atoms with van der Waals surface area (Å²) in [6.07, 6.45) is 2.21. The molecule has 18 heavy (non-hydrogen) atoms. The van der Waals surface area contributed by atoms with Crippen molar-refractivity contribution < 1.29 is 17.6 Å². The highest BCUT2D eigenvalue weighted by atomic mass is 32.2. The standard InChI is InChI=1S/C10H10FN3O3S/c11-10-6-7-12-14(13-10)17-8-18(15,16)9-4-2-1-3-5-9/h1-7,13H,8H2. The van der Waals surface area contributed by atoms with E-state index in [1.165, 1.54) is 12.1 Å². The number of hydrazone groups is 1. The van der Waals surface area contributed by atoms with Crippen molar-refractivity contribution in [3.63, 3.8) is 0 Å². The SMILES string of the molecule is O=S(=O)(CON1N=CC=C(F)N1)c1ccccc1. The lowest BCUT2D eigenvalue weighted by molar-refractivity contribution is -0.176. The Morgan fingerprint density at radius 2 is 2.06 bits per heavy atom. The summed E-state index contributed by atoms with van der Waals surface area (Å²) in [5, 5.41) is 4.22. The summed E-state index contributed by atoms with van der Waals surface area (Å²) in [7, 11) is -3.60. The van der Waals surface area contributed by atoms with Crippen LogP contribution < -0.4 is 5.43 Å². The van der Waals surface area contributed by atoms with Crippen LogP contribution in [0.25, 0.3) is 0 Å². The average Bonchev–Trinajstić information content (AvgIpc) is 2.38. The molecule has 1 aromatic carbocycles. The minimum Gasteiger partial charge on any atom is -0.232 e. The van der Waals surface area contributed by atoms with E-state index in [1.807, 2.05) is 0 Å². The molecule has 0 aromatic heterocycles. The fourth-order valence-corrected chi connectivity index (χ4v) is 2.14. The Hall–Kier alpha value is -1.93. The van der Waals surface area contributed by atoms with Crippen LogP contribution in [-0.4, -0.2) is 25.9 Å². The van der Waals surface area contributed by atoms with Gasteiger partial charge in [0.1, 0.15) is 0 Å². The van der Waals surface area contributed by atoms with Crippen molar-refractivity contribution in [3.8, 4) is 0 Å². The molecule has 0 saturated carbocycles. The van der Waals surface area contributed by atoms with E-state index in [0.717, 1.165) is 12.3 Å². The predicted molar refractivity (Wildman–Crippen MR) is 62.2 cm³/mol. The molecule has 0 spiro atoms. The van der Waals surface area contributed by atoms with E-state index in [4.69, 9.17) is 4.84 Å². The first-order valence-corrected chi connectivity index (χ1v) is 6.60. The number of nitrogens with zero attached hydrogens (tertiary/aromatic N) is 2. The van der Waals surface area contributed by atoms with Crippen LogP contribution in [0.4, 0.5) is 4.39 Å². The Bertz CT molecular complexity index is 571. The van der Waals surface area contributed by atoms with Crippen molar-refractivity contribution in [1.82, 2.24) is 10.7 Å². The predicted octanol–water partition coefficient (Wildman–Crippen LogP) is 0.966. The van der Waals surface area contributed by atoms with Gasteiger partial charge in [-0.2, -0.15) is 4.39 Å². The molecular formula is C10H10FN3O3S. The third-order valence-corrected chi connectivity index (χ3v) is 3.43. The molecular weight excluding hydrogens is 261 g/mol. The second-order valence-corrected chi connectivity index (χ2v) is 5.28. The molecule has 6 nitrogen and oxygen atoms in total. The topological polar surface area (TPSA) is 71.0 Å². The second-order valence-electron chi connectivity index (χ2n) is 3.34. The van der Waals surface area contributed by atoms with Crippen LogP contribution in [0, 0.1) is 0 Å². The Morgan fingerprint density at radius 3 is 2.72 bits per heavy atom. The Labute approximate surface area is 103 Å². The van der Waals surface area contributed by atoms with Gasteiger partial charge in [0.2, 0.25) is 15.8 Å². The molecule has 0 atom stereocenters. The monoisotopic (exact) mass is 271 g/mol. The fourth-order valence-electron chi connectivity index (χ4n) is 1.20. The molecule has 2 rings (SSSR count). The molecule has 0 radical (unpaired) electrons. The van der Waals surface area contributed by atoms with Gasteiger partial charge in [-0.3, -0.25) is 0 Å². The molecule has 0 fully saturated rings. The van der Waals surface area contributed by atoms with Crippen molar-refractivity contribution in [3.05, 3.63) is 42.4 Å². The number of sulfone groups is 1. The van der Waals surface area contributed by atoms with Gasteiger partial charge in [-0.1, -0.05) is 23.5 Å². The maximum Gasteiger partial charge on any atom is 0.210 e. The van der Waals surface area contributed by atoms with Crippen LogP contribution in [-0.2, 0) is 14.7 Å². The van der Waals surface area contributed by atoms with Gasteiger partial charge in [0.15, 0.2) is 5.94 Å². The number of hydrogen-bond donors (Lipinski definition) is 1. The molecule has 0 unspecified atom stereocenters. The minimum absolute atomic E-state index is 0.127. The number of benzene rings is 1. The van der Waals surface area contributed by atoms with Crippen molar-refractivity contribution in [2.24, 2.45) is 5.10 Å². The van der Waals surface area contributed by atoms with E-state index in [2.05, 4.69) is 10.5 Å². The van der Waals surface area contributed by atoms with Gasteiger partial charge in [-0.25, -0.2) is 18.7 Å². The third-order valence-electron chi connectivity index (χ3n) is 2.03. The van der Waals surface area contributed by atoms with Gasteiger partial charge in [0.25, 0.3) is 0 Å². The van der Waals surface area contributed by atoms with Crippen LogP contribution in [0.1, 0.15) is 0 Å². The van der Waals surface area contributed by atoms with Crippen LogP contribution >= 0.6 is 0 Å². The summed E-state index contributed by atoms with van der Waals surface area (Å²) in [5.41, 5.74) is 2.08. The van der Waals surface area contributed by atoms with E-state index in [-0.39, 0.29) is 4.90 Å². The smallest absolute Gasteiger partial charge is 0.210 e. The van der Waals surface area contributed by atoms with Crippen molar-refractivity contribution in [2.75, 3.05) is 5.94 Å². The van der Waals surface area contributed by atoms with E-state index in [9.17, 15) is 12.8 Å². The average molecular weight is 271 g/mol. The first-order valence-electron chi connectivity index (χ1n) is 4.95. The summed E-state index contributed by atoms with van der Waals surface area (Å²) in [6, 6.07) is 7.81. The molecule has 8 heteroatoms. The summed E-state index contributed by atoms with van der Waals surface area (Å²) in [5.74, 6) is -1.34. The zero-order valence-electron chi connectivity index (χ0n) is 9.15. The molecule has 1 aliphatic heterocycles. The van der Waals surface area contributed by atoms with Gasteiger partial charge >= 0.3 is 0 Å². The van der Waals surface area contributed by atoms with Crippen LogP contribution in [0.2, 0.25) is 0 Å². The summed E-state index contributed by atoms with van der Waals surface area (Å²) < 4.78 is 36.4. The number of hydrazine groups is 1. The molecule has 0 aliphatic carbocycles. The van der Waals surface area contributed by atoms with E-state index in [1.54, 1.807) is 18.2 Å². The highest BCUT2D eigenvalue weighted by molar-refractivity contribution is 7.91. The van der Waals surface area contributed by atoms with Gasteiger partial charge in [-0.05, 0) is 12.1 Å². The van der Waals surface area contributed by atoms with Crippen LogP contribution in [0.5, 0.6) is 0 Å². The Morgan fingerprint density at radius 1 is 1.33 bits per heavy atom. The highest BCUT2D eigenvalue weighted by Crippen LogP contribution is 2.11. The summed E-state index contributed by atoms with van der Waals surface area (Å²) in [4.78, 5) is 4.95. The molecule has 1 aliphatic rings. The van der Waals surface area contributed by atoms with Crippen molar-refractivity contribution in [2.45, 2.75) is 4.90 Å². The zero-order valence-corrected chi connectivity index (χ0v) is 9.97. The fraction of sp³-hybridized carbons (Fsp3) is 0.100. The first kappa shape index (κ1) is 12.5. The first-order chi connectivity index (χ1) is 8.58. The largest absolute Gasteiger partial charge is 0.232 e. The molecule has 96 valence electrons. The van der Waals surface area contributed by atoms with Crippen LogP contribution in [0.15, 0.2) is 52.4 Å². The lowest BCUT2D eigenvalue weighted by Gasteiger charge is -2.19. The minimum atomic E-state index is -3.60. The molecule has 1 heterocycles. The number of allylic oxidation sites excluding steroid dienone is 1. The summed E-state index contributed by atoms with van der Waals surface area (Å²) in [6.45, 7) is 0. The Kier molecular flexibility index (Phi) is 3.58. The van der Waals surface area contributed by atoms with Crippen LogP contribution in [0.3, 0.4) is 0 Å². The van der Waals surface area contributed by atoms with Crippen molar-refractivity contribution in [1.29, 1.82) is 0 Å². The van der Waals surface area contributed by atoms with Crippen molar-refractivity contribution >= 4 is 16.1 Å². The molecule has 0 bridgehead atoms. The van der Waals surface area contributed by atoms with Gasteiger partial charge in [0, 0.05) is 6.08 Å². The number of hydrogen-bond acceptors (Lipinski definition) is 6. The normalized spacial score (nSPS) is 15.2. The molecule has 1 aromatic rings. The quantitative estimate of drug-likeness (QED) is 0.826. The lowest BCUT2D eigenvalue weighted by atomic mass is 10.4. The van der Waals surface area contributed by atoms with E-state index in [0.29, 0.717) is 5.28 Å². The van der Waals surface area contributed by atoms with Gasteiger partial charge in [-0.15, -0.1) is 5.10 Å². The van der Waals surface area contributed by atoms with Gasteiger partial charge < -0.3 is 0 Å². The zero-order chi connectivity index (χ0) is 13.0. The lowest BCUT2D eigenvalue weighted by Crippen LogP contribution is -2.35. The van der Waals surface area contributed by atoms with Gasteiger partial charge in [0.05, 0.1) is 11.1 Å². The molecule has 0 amide bonds. The number of nitrogens with one attached hydrogen (secondary N) is 1. The maximum atomic E-state index is 12.8. The third kappa shape index (κ3) is 3.05. The second kappa shape index (κ2) is 5.15. The van der Waals surface area contributed by atoms with E-state index < -0.39 is 21.7 Å². The number of rotatable bonds is 4.